The van der Waals surface area contributed by atoms with E-state index in [0.717, 1.165) is 18.4 Å². The Bertz CT molecular complexity index is 215. The van der Waals surface area contributed by atoms with Gasteiger partial charge >= 0.3 is 0 Å². The number of hydrogen-bond acceptors (Lipinski definition) is 1. The molecule has 0 saturated carbocycles. The Labute approximate surface area is 88.5 Å². The molecule has 1 unspecified atom stereocenters. The molecule has 1 aliphatic rings. The summed E-state index contributed by atoms with van der Waals surface area (Å²) in [6, 6.07) is 0. The van der Waals surface area contributed by atoms with Gasteiger partial charge in [-0.1, -0.05) is 26.5 Å². The molecule has 1 fully saturated rings. The van der Waals surface area contributed by atoms with Crippen molar-refractivity contribution in [2.45, 2.75) is 40.0 Å². The molecule has 0 aromatic carbocycles. The molecule has 0 aliphatic carbocycles. The molecule has 1 atom stereocenters. The van der Waals surface area contributed by atoms with Crippen LogP contribution in [-0.4, -0.2) is 11.4 Å². The molecule has 14 heavy (non-hydrogen) atoms. The fraction of sp³-hybridized carbons (Fsp3) is 0.692. The molecule has 0 radical (unpaired) electrons. The molecule has 0 aromatic heterocycles. The van der Waals surface area contributed by atoms with Crippen molar-refractivity contribution in [2.75, 3.05) is 6.54 Å². The van der Waals surface area contributed by atoms with Gasteiger partial charge in [0, 0.05) is 12.2 Å². The monoisotopic (exact) mass is 193 g/mol. The minimum atomic E-state index is 0.820. The number of allylic oxidation sites excluding steroid dienone is 2. The van der Waals surface area contributed by atoms with Gasteiger partial charge in [-0.3, -0.25) is 0 Å². The lowest BCUT2D eigenvalue weighted by molar-refractivity contribution is 0.270. The van der Waals surface area contributed by atoms with Crippen molar-refractivity contribution in [3.63, 3.8) is 0 Å². The van der Waals surface area contributed by atoms with Crippen molar-refractivity contribution in [1.29, 1.82) is 0 Å². The number of hydrogen-bond donors (Lipinski definition) is 0. The standard InChI is InChI=1S/C13H23N/c1-5-7-14-8-6-13(9-11(2)3)10-12(14)4/h5,7,11,13H,4,6,8-10H2,1-3H3/b7-5-. The summed E-state index contributed by atoms with van der Waals surface area (Å²) in [5.41, 5.74) is 1.29. The van der Waals surface area contributed by atoms with E-state index in [1.54, 1.807) is 0 Å². The second-order valence-corrected chi connectivity index (χ2v) is 4.73. The molecular formula is C13H23N. The third kappa shape index (κ3) is 3.21. The first-order valence-corrected chi connectivity index (χ1v) is 5.70. The molecule has 1 aliphatic heterocycles. The van der Waals surface area contributed by atoms with Gasteiger partial charge in [0.15, 0.2) is 0 Å². The maximum Gasteiger partial charge on any atom is 0.0224 e. The molecule has 0 aromatic rings. The van der Waals surface area contributed by atoms with Gasteiger partial charge in [-0.25, -0.2) is 0 Å². The maximum atomic E-state index is 4.15. The molecule has 1 heterocycles. The zero-order valence-electron chi connectivity index (χ0n) is 9.79. The average molecular weight is 193 g/mol. The Morgan fingerprint density at radius 2 is 2.29 bits per heavy atom. The summed E-state index contributed by atoms with van der Waals surface area (Å²) in [5.74, 6) is 1.69. The van der Waals surface area contributed by atoms with E-state index in [-0.39, 0.29) is 0 Å². The second kappa shape index (κ2) is 5.23. The van der Waals surface area contributed by atoms with Crippen LogP contribution in [0.3, 0.4) is 0 Å². The Balaban J connectivity index is 2.42. The van der Waals surface area contributed by atoms with Crippen LogP contribution in [0.4, 0.5) is 0 Å². The third-order valence-electron chi connectivity index (χ3n) is 2.84. The van der Waals surface area contributed by atoms with Crippen molar-refractivity contribution in [2.24, 2.45) is 11.8 Å². The Hall–Kier alpha value is -0.720. The fourth-order valence-corrected chi connectivity index (χ4v) is 2.26. The van der Waals surface area contributed by atoms with Crippen molar-refractivity contribution in [3.05, 3.63) is 24.6 Å². The summed E-state index contributed by atoms with van der Waals surface area (Å²) in [4.78, 5) is 2.29. The van der Waals surface area contributed by atoms with Crippen molar-refractivity contribution in [3.8, 4) is 0 Å². The largest absolute Gasteiger partial charge is 0.352 e. The third-order valence-corrected chi connectivity index (χ3v) is 2.84. The minimum absolute atomic E-state index is 0.820. The summed E-state index contributed by atoms with van der Waals surface area (Å²) in [7, 11) is 0. The number of piperidine rings is 1. The van der Waals surface area contributed by atoms with Crippen molar-refractivity contribution >= 4 is 0 Å². The Morgan fingerprint density at radius 1 is 1.57 bits per heavy atom. The summed E-state index contributed by atoms with van der Waals surface area (Å²) in [6.07, 6.45) is 8.09. The van der Waals surface area contributed by atoms with Crippen LogP contribution < -0.4 is 0 Å². The molecule has 0 amide bonds. The van der Waals surface area contributed by atoms with Crippen LogP contribution in [-0.2, 0) is 0 Å². The molecule has 1 saturated heterocycles. The van der Waals surface area contributed by atoms with E-state index in [2.05, 4.69) is 44.5 Å². The van der Waals surface area contributed by atoms with E-state index in [1.165, 1.54) is 25.0 Å². The van der Waals surface area contributed by atoms with Gasteiger partial charge in [-0.05, 0) is 44.2 Å². The molecule has 1 heteroatoms. The van der Waals surface area contributed by atoms with Crippen LogP contribution in [0.2, 0.25) is 0 Å². The van der Waals surface area contributed by atoms with E-state index < -0.39 is 0 Å². The lowest BCUT2D eigenvalue weighted by Crippen LogP contribution is -2.27. The second-order valence-electron chi connectivity index (χ2n) is 4.73. The average Bonchev–Trinajstić information content (AvgIpc) is 2.09. The minimum Gasteiger partial charge on any atom is -0.352 e. The predicted molar refractivity (Wildman–Crippen MR) is 62.8 cm³/mol. The normalized spacial score (nSPS) is 23.9. The van der Waals surface area contributed by atoms with Gasteiger partial charge in [-0.15, -0.1) is 0 Å². The predicted octanol–water partition coefficient (Wildman–Crippen LogP) is 3.79. The van der Waals surface area contributed by atoms with Crippen LogP contribution in [0.5, 0.6) is 0 Å². The lowest BCUT2D eigenvalue weighted by atomic mass is 9.87. The fourth-order valence-electron chi connectivity index (χ4n) is 2.26. The van der Waals surface area contributed by atoms with E-state index in [9.17, 15) is 0 Å². The molecule has 0 spiro atoms. The van der Waals surface area contributed by atoms with Gasteiger partial charge in [0.25, 0.3) is 0 Å². The maximum absolute atomic E-state index is 4.15. The summed E-state index contributed by atoms with van der Waals surface area (Å²) in [5, 5.41) is 0. The highest BCUT2D eigenvalue weighted by atomic mass is 15.1. The molecule has 1 nitrogen and oxygen atoms in total. The molecule has 80 valence electrons. The molecular weight excluding hydrogens is 170 g/mol. The van der Waals surface area contributed by atoms with E-state index in [4.69, 9.17) is 0 Å². The van der Waals surface area contributed by atoms with Gasteiger partial charge in [-0.2, -0.15) is 0 Å². The zero-order chi connectivity index (χ0) is 10.6. The van der Waals surface area contributed by atoms with E-state index in [0.29, 0.717) is 0 Å². The highest BCUT2D eigenvalue weighted by Gasteiger charge is 2.20. The number of rotatable bonds is 3. The summed E-state index contributed by atoms with van der Waals surface area (Å²) in [6.45, 7) is 12.0. The first-order valence-electron chi connectivity index (χ1n) is 5.70. The quantitative estimate of drug-likeness (QED) is 0.659. The van der Waals surface area contributed by atoms with Crippen LogP contribution >= 0.6 is 0 Å². The SMILES string of the molecule is C=C1CC(CC(C)C)CCN1/C=C\C. The van der Waals surface area contributed by atoms with Gasteiger partial charge < -0.3 is 4.90 Å². The van der Waals surface area contributed by atoms with Crippen molar-refractivity contribution in [1.82, 2.24) is 4.90 Å². The Kier molecular flexibility index (Phi) is 4.24. The topological polar surface area (TPSA) is 3.24 Å². The summed E-state index contributed by atoms with van der Waals surface area (Å²) < 4.78 is 0. The first kappa shape index (κ1) is 11.4. The van der Waals surface area contributed by atoms with Crippen LogP contribution in [0.25, 0.3) is 0 Å². The highest BCUT2D eigenvalue weighted by molar-refractivity contribution is 5.04. The Morgan fingerprint density at radius 3 is 2.79 bits per heavy atom. The van der Waals surface area contributed by atoms with Crippen molar-refractivity contribution < 1.29 is 0 Å². The molecule has 0 bridgehead atoms. The molecule has 1 rings (SSSR count). The van der Waals surface area contributed by atoms with Gasteiger partial charge in [0.1, 0.15) is 0 Å². The van der Waals surface area contributed by atoms with E-state index in [1.807, 2.05) is 0 Å². The number of nitrogens with zero attached hydrogens (tertiary/aromatic N) is 1. The molecule has 0 N–H and O–H groups in total. The summed E-state index contributed by atoms with van der Waals surface area (Å²) >= 11 is 0. The van der Waals surface area contributed by atoms with Crippen LogP contribution in [0.1, 0.15) is 40.0 Å². The highest BCUT2D eigenvalue weighted by Crippen LogP contribution is 2.29. The zero-order valence-corrected chi connectivity index (χ0v) is 9.79. The lowest BCUT2D eigenvalue weighted by Gasteiger charge is -2.33. The van der Waals surface area contributed by atoms with Gasteiger partial charge in [0.2, 0.25) is 0 Å². The number of likely N-dealkylation sites (tertiary alicyclic amines) is 1. The van der Waals surface area contributed by atoms with Crippen LogP contribution in [0.15, 0.2) is 24.6 Å². The first-order chi connectivity index (χ1) is 6.63. The van der Waals surface area contributed by atoms with E-state index >= 15 is 0 Å². The van der Waals surface area contributed by atoms with Crippen LogP contribution in [0, 0.1) is 11.8 Å². The van der Waals surface area contributed by atoms with Gasteiger partial charge in [0.05, 0.1) is 0 Å². The smallest absolute Gasteiger partial charge is 0.0224 e.